The standard InChI is InChI=1S/C27H32N6O3/c1-2-3-13-35-26-31-24(28)23-25(32-26)33(27(34)30-23)17-19-8-5-12-22(15-19)36-21-11-4-7-18(14-21)16-29-20-9-6-10-20/h4-5,7-8,11-12,14-15,20,29H,2-3,6,9-10,13,16-17H2,1H3,(H,30,34)(H2,28,31,32). The number of fused-ring (bicyclic) bond motifs is 1. The number of anilines is 1. The van der Waals surface area contributed by atoms with Gasteiger partial charge in [-0.1, -0.05) is 44.0 Å². The maximum absolute atomic E-state index is 12.7. The highest BCUT2D eigenvalue weighted by Gasteiger charge is 2.17. The molecule has 5 rings (SSSR count). The highest BCUT2D eigenvalue weighted by molar-refractivity contribution is 5.81. The van der Waals surface area contributed by atoms with Gasteiger partial charge in [-0.15, -0.1) is 0 Å². The minimum Gasteiger partial charge on any atom is -0.463 e. The summed E-state index contributed by atoms with van der Waals surface area (Å²) in [6.07, 6.45) is 5.71. The second-order valence-electron chi connectivity index (χ2n) is 9.21. The molecule has 0 unspecified atom stereocenters. The minimum atomic E-state index is -0.310. The molecule has 0 bridgehead atoms. The number of nitrogens with one attached hydrogen (secondary N) is 2. The summed E-state index contributed by atoms with van der Waals surface area (Å²) in [5, 5.41) is 3.58. The van der Waals surface area contributed by atoms with Gasteiger partial charge in [-0.2, -0.15) is 9.97 Å². The molecule has 0 radical (unpaired) electrons. The molecule has 2 heterocycles. The third-order valence-corrected chi connectivity index (χ3v) is 6.43. The van der Waals surface area contributed by atoms with Gasteiger partial charge in [0.05, 0.1) is 13.2 Å². The number of unbranched alkanes of at least 4 members (excludes halogenated alkanes) is 1. The highest BCUT2D eigenvalue weighted by Crippen LogP contribution is 2.25. The Morgan fingerprint density at radius 1 is 1.11 bits per heavy atom. The van der Waals surface area contributed by atoms with Crippen molar-refractivity contribution in [3.63, 3.8) is 0 Å². The molecule has 188 valence electrons. The number of imidazole rings is 1. The van der Waals surface area contributed by atoms with Crippen molar-refractivity contribution in [2.75, 3.05) is 12.3 Å². The van der Waals surface area contributed by atoms with Crippen LogP contribution in [0.2, 0.25) is 0 Å². The van der Waals surface area contributed by atoms with E-state index in [9.17, 15) is 4.79 Å². The van der Waals surface area contributed by atoms with Crippen molar-refractivity contribution in [3.05, 3.63) is 70.1 Å². The first kappa shape index (κ1) is 23.9. The van der Waals surface area contributed by atoms with E-state index in [4.69, 9.17) is 15.2 Å². The van der Waals surface area contributed by atoms with Gasteiger partial charge in [0.25, 0.3) is 0 Å². The summed E-state index contributed by atoms with van der Waals surface area (Å²) in [5.41, 5.74) is 8.66. The van der Waals surface area contributed by atoms with Crippen molar-refractivity contribution in [2.24, 2.45) is 0 Å². The van der Waals surface area contributed by atoms with E-state index in [1.54, 1.807) is 0 Å². The summed E-state index contributed by atoms with van der Waals surface area (Å²) >= 11 is 0. The van der Waals surface area contributed by atoms with Crippen molar-refractivity contribution in [3.8, 4) is 17.5 Å². The van der Waals surface area contributed by atoms with Crippen molar-refractivity contribution < 1.29 is 9.47 Å². The van der Waals surface area contributed by atoms with E-state index in [1.165, 1.54) is 29.4 Å². The van der Waals surface area contributed by atoms with Crippen LogP contribution in [0.4, 0.5) is 5.82 Å². The maximum Gasteiger partial charge on any atom is 0.328 e. The lowest BCUT2D eigenvalue weighted by molar-refractivity contribution is 0.286. The lowest BCUT2D eigenvalue weighted by Crippen LogP contribution is -2.34. The Hall–Kier alpha value is -3.85. The zero-order valence-corrected chi connectivity index (χ0v) is 20.5. The quantitative estimate of drug-likeness (QED) is 0.268. The number of H-pyrrole nitrogens is 1. The number of hydrogen-bond donors (Lipinski definition) is 3. The number of nitrogen functional groups attached to an aromatic ring is 1. The lowest BCUT2D eigenvalue weighted by atomic mass is 9.93. The third-order valence-electron chi connectivity index (χ3n) is 6.43. The Bertz CT molecular complexity index is 1390. The van der Waals surface area contributed by atoms with Gasteiger partial charge < -0.3 is 25.5 Å². The monoisotopic (exact) mass is 488 g/mol. The summed E-state index contributed by atoms with van der Waals surface area (Å²) in [5.74, 6) is 1.66. The Morgan fingerprint density at radius 2 is 1.86 bits per heavy atom. The van der Waals surface area contributed by atoms with Crippen LogP contribution in [-0.2, 0) is 13.1 Å². The molecular formula is C27H32N6O3. The zero-order valence-electron chi connectivity index (χ0n) is 20.5. The zero-order chi connectivity index (χ0) is 24.9. The fraction of sp³-hybridized carbons (Fsp3) is 0.370. The molecule has 9 heteroatoms. The molecule has 1 saturated carbocycles. The van der Waals surface area contributed by atoms with Gasteiger partial charge in [-0.25, -0.2) is 4.79 Å². The Kier molecular flexibility index (Phi) is 7.18. The summed E-state index contributed by atoms with van der Waals surface area (Å²) in [6, 6.07) is 16.6. The molecule has 9 nitrogen and oxygen atoms in total. The minimum absolute atomic E-state index is 0.171. The number of hydrogen-bond acceptors (Lipinski definition) is 7. The Morgan fingerprint density at radius 3 is 2.58 bits per heavy atom. The average Bonchev–Trinajstić information content (AvgIpc) is 3.14. The molecule has 4 aromatic rings. The van der Waals surface area contributed by atoms with Crippen molar-refractivity contribution >= 4 is 17.0 Å². The molecule has 1 aliphatic rings. The van der Waals surface area contributed by atoms with E-state index in [0.29, 0.717) is 36.1 Å². The van der Waals surface area contributed by atoms with Crippen LogP contribution >= 0.6 is 0 Å². The average molecular weight is 489 g/mol. The Balaban J connectivity index is 1.32. The molecule has 0 saturated heterocycles. The molecule has 2 aromatic carbocycles. The number of aromatic amines is 1. The SMILES string of the molecule is CCCCOc1nc(N)c2[nH]c(=O)n(Cc3cccc(Oc4cccc(CNC5CCC5)c4)c3)c2n1. The summed E-state index contributed by atoms with van der Waals surface area (Å²) in [6.45, 7) is 3.70. The first-order valence-electron chi connectivity index (χ1n) is 12.6. The van der Waals surface area contributed by atoms with E-state index >= 15 is 0 Å². The maximum atomic E-state index is 12.7. The van der Waals surface area contributed by atoms with Crippen LogP contribution in [0.15, 0.2) is 53.3 Å². The predicted octanol–water partition coefficient (Wildman–Crippen LogP) is 4.36. The molecule has 2 aromatic heterocycles. The normalized spacial score (nSPS) is 13.6. The molecule has 36 heavy (non-hydrogen) atoms. The molecule has 1 fully saturated rings. The van der Waals surface area contributed by atoms with Crippen LogP contribution < -0.4 is 26.2 Å². The van der Waals surface area contributed by atoms with E-state index in [-0.39, 0.29) is 17.5 Å². The van der Waals surface area contributed by atoms with Gasteiger partial charge in [-0.05, 0) is 54.7 Å². The molecule has 1 aliphatic carbocycles. The van der Waals surface area contributed by atoms with E-state index in [2.05, 4.69) is 39.3 Å². The molecule has 0 amide bonds. The number of rotatable bonds is 11. The van der Waals surface area contributed by atoms with Crippen LogP contribution in [-0.4, -0.2) is 32.2 Å². The number of aromatic nitrogens is 4. The lowest BCUT2D eigenvalue weighted by Gasteiger charge is -2.26. The van der Waals surface area contributed by atoms with Crippen LogP contribution in [0.25, 0.3) is 11.2 Å². The topological polar surface area (TPSA) is 120 Å². The van der Waals surface area contributed by atoms with Crippen LogP contribution in [0.3, 0.4) is 0 Å². The van der Waals surface area contributed by atoms with Crippen LogP contribution in [0, 0.1) is 0 Å². The molecule has 0 atom stereocenters. The first-order valence-corrected chi connectivity index (χ1v) is 12.6. The predicted molar refractivity (Wildman–Crippen MR) is 140 cm³/mol. The molecule has 0 aliphatic heterocycles. The van der Waals surface area contributed by atoms with Crippen LogP contribution in [0.5, 0.6) is 17.5 Å². The van der Waals surface area contributed by atoms with Crippen molar-refractivity contribution in [1.82, 2.24) is 24.8 Å². The highest BCUT2D eigenvalue weighted by atomic mass is 16.5. The smallest absolute Gasteiger partial charge is 0.328 e. The van der Waals surface area contributed by atoms with Gasteiger partial charge in [0, 0.05) is 12.6 Å². The van der Waals surface area contributed by atoms with Gasteiger partial charge in [0.1, 0.15) is 17.0 Å². The first-order chi connectivity index (χ1) is 17.6. The molecular weight excluding hydrogens is 456 g/mol. The second kappa shape index (κ2) is 10.8. The fourth-order valence-corrected chi connectivity index (χ4v) is 4.17. The number of nitrogens with zero attached hydrogens (tertiary/aromatic N) is 3. The van der Waals surface area contributed by atoms with Crippen LogP contribution in [0.1, 0.15) is 50.2 Å². The van der Waals surface area contributed by atoms with Gasteiger partial charge in [-0.3, -0.25) is 4.57 Å². The summed E-state index contributed by atoms with van der Waals surface area (Å²) in [7, 11) is 0. The van der Waals surface area contributed by atoms with Crippen molar-refractivity contribution in [2.45, 2.75) is 58.2 Å². The summed E-state index contributed by atoms with van der Waals surface area (Å²) < 4.78 is 13.3. The largest absolute Gasteiger partial charge is 0.463 e. The second-order valence-corrected chi connectivity index (χ2v) is 9.21. The van der Waals surface area contributed by atoms with E-state index in [1.807, 2.05) is 36.4 Å². The van der Waals surface area contributed by atoms with Gasteiger partial charge >= 0.3 is 11.7 Å². The third kappa shape index (κ3) is 5.52. The Labute approximate surface area is 209 Å². The van der Waals surface area contributed by atoms with E-state index in [0.717, 1.165) is 30.7 Å². The van der Waals surface area contributed by atoms with Gasteiger partial charge in [0.2, 0.25) is 0 Å². The number of nitrogens with two attached hydrogens (primary N) is 1. The van der Waals surface area contributed by atoms with E-state index < -0.39 is 0 Å². The molecule has 0 spiro atoms. The van der Waals surface area contributed by atoms with Crippen molar-refractivity contribution in [1.29, 1.82) is 0 Å². The molecule has 4 N–H and O–H groups in total. The number of ether oxygens (including phenoxy) is 2. The van der Waals surface area contributed by atoms with Gasteiger partial charge in [0.15, 0.2) is 11.5 Å². The fourth-order valence-electron chi connectivity index (χ4n) is 4.17. The number of benzene rings is 2. The summed E-state index contributed by atoms with van der Waals surface area (Å²) in [4.78, 5) is 24.1.